The zero-order valence-electron chi connectivity index (χ0n) is 15.0. The molecule has 3 atom stereocenters. The Morgan fingerprint density at radius 3 is 2.71 bits per heavy atom. The van der Waals surface area contributed by atoms with Crippen molar-refractivity contribution in [1.29, 1.82) is 0 Å². The molecule has 1 aliphatic carbocycles. The predicted octanol–water partition coefficient (Wildman–Crippen LogP) is 2.37. The fourth-order valence-corrected chi connectivity index (χ4v) is 5.41. The topological polar surface area (TPSA) is 66.4 Å². The third kappa shape index (κ3) is 4.41. The Kier molecular flexibility index (Phi) is 5.80. The number of amides is 1. The van der Waals surface area contributed by atoms with Crippen LogP contribution < -0.4 is 9.67 Å². The second kappa shape index (κ2) is 7.31. The summed E-state index contributed by atoms with van der Waals surface area (Å²) in [5.74, 6) is -0.275. The number of rotatable bonds is 5. The normalized spacial score (nSPS) is 26.4. The second-order valence-corrected chi connectivity index (χ2v) is 10.3. The van der Waals surface area contributed by atoms with E-state index in [1.165, 1.54) is 0 Å². The van der Waals surface area contributed by atoms with Crippen molar-refractivity contribution in [2.75, 3.05) is 0 Å². The van der Waals surface area contributed by atoms with Crippen LogP contribution in [0.3, 0.4) is 0 Å². The maximum atomic E-state index is 12.7. The van der Waals surface area contributed by atoms with Crippen LogP contribution in [0.15, 0.2) is 18.2 Å². The number of carbonyl (C=O) groups excluding carboxylic acids is 2. The van der Waals surface area contributed by atoms with Gasteiger partial charge in [0.15, 0.2) is 0 Å². The van der Waals surface area contributed by atoms with Gasteiger partial charge in [-0.25, -0.2) is 0 Å². The Bertz CT molecular complexity index is 629. The number of phenolic OH excluding ortho intramolecular Hbond substituents is 1. The van der Waals surface area contributed by atoms with Crippen molar-refractivity contribution >= 4 is 31.1 Å². The van der Waals surface area contributed by atoms with Gasteiger partial charge < -0.3 is 0 Å². The number of nitrogens with one attached hydrogen (secondary N) is 1. The Labute approximate surface area is 151 Å². The minimum atomic E-state index is -1.04. The molecule has 4 nitrogen and oxygen atoms in total. The molecule has 1 amide bonds. The Morgan fingerprint density at radius 1 is 1.38 bits per heavy atom. The molecule has 24 heavy (non-hydrogen) atoms. The standard InChI is InChI=1S/C19H28AsNO3/c1-5-19(4)10-13(9-18(2,3)11-19)21-17(24)14-7-6-8-15(16(14)23)20-12-22/h6-8,12-13,20,23H,5,9-11H2,1-4H3,(H,21,24). The average molecular weight is 393 g/mol. The van der Waals surface area contributed by atoms with E-state index in [0.29, 0.717) is 4.35 Å². The summed E-state index contributed by atoms with van der Waals surface area (Å²) in [4.78, 5) is 23.4. The van der Waals surface area contributed by atoms with Gasteiger partial charge in [0, 0.05) is 0 Å². The van der Waals surface area contributed by atoms with Crippen LogP contribution in [0.1, 0.15) is 63.7 Å². The summed E-state index contributed by atoms with van der Waals surface area (Å²) in [5.41, 5.74) is 0.696. The molecule has 1 aromatic rings. The van der Waals surface area contributed by atoms with E-state index in [2.05, 4.69) is 33.0 Å². The van der Waals surface area contributed by atoms with Crippen LogP contribution in [0.25, 0.3) is 0 Å². The molecule has 0 aromatic heterocycles. The van der Waals surface area contributed by atoms with E-state index in [4.69, 9.17) is 0 Å². The quantitative estimate of drug-likeness (QED) is 0.596. The molecule has 1 aliphatic rings. The maximum absolute atomic E-state index is 12.7. The number of carbonyl (C=O) groups is 2. The summed E-state index contributed by atoms with van der Waals surface area (Å²) in [7, 11) is 0. The first-order valence-corrected chi connectivity index (χ1v) is 10.8. The van der Waals surface area contributed by atoms with Gasteiger partial charge in [-0.05, 0) is 0 Å². The molecule has 1 aromatic carbocycles. The molecule has 0 heterocycles. The molecule has 3 unspecified atom stereocenters. The van der Waals surface area contributed by atoms with Crippen LogP contribution in [-0.4, -0.2) is 37.9 Å². The van der Waals surface area contributed by atoms with Gasteiger partial charge in [-0.2, -0.15) is 0 Å². The van der Waals surface area contributed by atoms with Gasteiger partial charge in [0.2, 0.25) is 0 Å². The molecule has 0 spiro atoms. The summed E-state index contributed by atoms with van der Waals surface area (Å²) >= 11 is -1.04. The number of hydrogen-bond donors (Lipinski definition) is 2. The number of phenols is 1. The molecular formula is C19H28AsNO3. The molecule has 0 saturated heterocycles. The molecule has 1 saturated carbocycles. The van der Waals surface area contributed by atoms with E-state index in [1.807, 2.05) is 0 Å². The number of hydrogen-bond acceptors (Lipinski definition) is 3. The fourth-order valence-electron chi connectivity index (χ4n) is 4.17. The minimum absolute atomic E-state index is 0.0320. The fraction of sp³-hybridized carbons (Fsp3) is 0.579. The van der Waals surface area contributed by atoms with Crippen LogP contribution >= 0.6 is 0 Å². The van der Waals surface area contributed by atoms with Gasteiger partial charge in [-0.1, -0.05) is 0 Å². The van der Waals surface area contributed by atoms with Gasteiger partial charge in [0.05, 0.1) is 0 Å². The van der Waals surface area contributed by atoms with E-state index in [0.717, 1.165) is 30.8 Å². The van der Waals surface area contributed by atoms with Crippen LogP contribution in [0, 0.1) is 10.8 Å². The van der Waals surface area contributed by atoms with Crippen molar-refractivity contribution in [1.82, 2.24) is 5.32 Å². The molecule has 0 bridgehead atoms. The van der Waals surface area contributed by atoms with Crippen LogP contribution in [0.2, 0.25) is 0 Å². The molecule has 2 rings (SSSR count). The molecule has 0 aliphatic heterocycles. The first kappa shape index (κ1) is 19.0. The van der Waals surface area contributed by atoms with Crippen molar-refractivity contribution in [3.05, 3.63) is 23.8 Å². The van der Waals surface area contributed by atoms with Gasteiger partial charge in [-0.15, -0.1) is 0 Å². The second-order valence-electron chi connectivity index (χ2n) is 8.05. The molecule has 1 fully saturated rings. The zero-order chi connectivity index (χ0) is 18.0. The number of benzene rings is 1. The monoisotopic (exact) mass is 393 g/mol. The predicted molar refractivity (Wildman–Crippen MR) is 98.9 cm³/mol. The average Bonchev–Trinajstić information content (AvgIpc) is 2.47. The van der Waals surface area contributed by atoms with Crippen molar-refractivity contribution in [3.63, 3.8) is 0 Å². The van der Waals surface area contributed by atoms with Gasteiger partial charge in [0.1, 0.15) is 0 Å². The molecule has 2 N–H and O–H groups in total. The third-order valence-electron chi connectivity index (χ3n) is 5.13. The van der Waals surface area contributed by atoms with Gasteiger partial charge in [0.25, 0.3) is 0 Å². The van der Waals surface area contributed by atoms with Crippen molar-refractivity contribution in [2.24, 2.45) is 10.8 Å². The zero-order valence-corrected chi connectivity index (χ0v) is 17.1. The van der Waals surface area contributed by atoms with E-state index >= 15 is 0 Å². The van der Waals surface area contributed by atoms with Crippen LogP contribution in [0.4, 0.5) is 0 Å². The summed E-state index contributed by atoms with van der Waals surface area (Å²) < 4.78 is 0.611. The summed E-state index contributed by atoms with van der Waals surface area (Å²) in [6.45, 7) is 9.01. The van der Waals surface area contributed by atoms with Gasteiger partial charge in [-0.3, -0.25) is 0 Å². The van der Waals surface area contributed by atoms with E-state index < -0.39 is 15.8 Å². The SMILES string of the molecule is CCC1(C)CC(NC(=O)c2cccc([AsH]C=O)c2O)CC(C)(C)C1. The van der Waals surface area contributed by atoms with Crippen LogP contribution in [-0.2, 0) is 4.79 Å². The number of aromatic hydroxyl groups is 1. The van der Waals surface area contributed by atoms with Crippen molar-refractivity contribution in [3.8, 4) is 5.75 Å². The van der Waals surface area contributed by atoms with Crippen molar-refractivity contribution in [2.45, 2.75) is 59.4 Å². The Morgan fingerprint density at radius 2 is 2.08 bits per heavy atom. The molecule has 0 radical (unpaired) electrons. The van der Waals surface area contributed by atoms with E-state index in [9.17, 15) is 14.7 Å². The summed E-state index contributed by atoms with van der Waals surface area (Å²) in [6.07, 6.45) is 4.15. The van der Waals surface area contributed by atoms with E-state index in [-0.39, 0.29) is 34.1 Å². The van der Waals surface area contributed by atoms with E-state index in [1.54, 1.807) is 18.2 Å². The Balaban J connectivity index is 2.17. The van der Waals surface area contributed by atoms with Gasteiger partial charge >= 0.3 is 151 Å². The van der Waals surface area contributed by atoms with Crippen LogP contribution in [0.5, 0.6) is 5.75 Å². The Hall–Kier alpha value is -1.28. The first-order chi connectivity index (χ1) is 11.2. The van der Waals surface area contributed by atoms with Crippen molar-refractivity contribution < 1.29 is 14.7 Å². The third-order valence-corrected chi connectivity index (χ3v) is 6.87. The molecular weight excluding hydrogens is 365 g/mol. The summed E-state index contributed by atoms with van der Waals surface area (Å²) in [5, 5.41) is 14.3. The molecule has 5 heteroatoms. The number of para-hydroxylation sites is 1. The summed E-state index contributed by atoms with van der Waals surface area (Å²) in [6, 6.07) is 5.19. The first-order valence-electron chi connectivity index (χ1n) is 8.53. The molecule has 132 valence electrons.